The van der Waals surface area contributed by atoms with Gasteiger partial charge in [-0.1, -0.05) is 0 Å². The molecule has 20 heavy (non-hydrogen) atoms. The van der Waals surface area contributed by atoms with E-state index in [1.54, 1.807) is 0 Å². The highest BCUT2D eigenvalue weighted by Crippen LogP contribution is 2.32. The van der Waals surface area contributed by atoms with Crippen LogP contribution in [0, 0.1) is 5.92 Å². The first-order chi connectivity index (χ1) is 9.70. The summed E-state index contributed by atoms with van der Waals surface area (Å²) in [6.07, 6.45) is 5.04. The molecule has 2 amide bonds. The lowest BCUT2D eigenvalue weighted by Gasteiger charge is -2.26. The van der Waals surface area contributed by atoms with E-state index in [-0.39, 0.29) is 6.03 Å². The fraction of sp³-hybridized carbons (Fsp3) is 0.933. The number of likely N-dealkylation sites (tertiary alicyclic amines) is 3. The van der Waals surface area contributed by atoms with Crippen LogP contribution in [-0.4, -0.2) is 78.6 Å². The summed E-state index contributed by atoms with van der Waals surface area (Å²) in [6.45, 7) is 5.40. The maximum Gasteiger partial charge on any atom is 0.317 e. The molecule has 0 radical (unpaired) electrons. The first-order valence-corrected chi connectivity index (χ1v) is 8.20. The molecule has 0 aromatic carbocycles. The van der Waals surface area contributed by atoms with Crippen LogP contribution in [0.4, 0.5) is 4.79 Å². The number of carbonyl (C=O) groups is 1. The number of likely N-dealkylation sites (N-methyl/N-ethyl adjacent to an activating group) is 1. The van der Waals surface area contributed by atoms with E-state index in [4.69, 9.17) is 0 Å². The smallest absolute Gasteiger partial charge is 0.317 e. The SMILES string of the molecule is CN1C[C@@H]2CCN(C(=O)NC3CCN(C4CC4)C3)[C@@H]2C1. The number of rotatable bonds is 2. The van der Waals surface area contributed by atoms with E-state index in [9.17, 15) is 4.79 Å². The molecular weight excluding hydrogens is 252 g/mol. The Bertz CT molecular complexity index is 397. The molecule has 3 aliphatic heterocycles. The van der Waals surface area contributed by atoms with Crippen LogP contribution < -0.4 is 5.32 Å². The lowest BCUT2D eigenvalue weighted by molar-refractivity contribution is 0.184. The number of hydrogen-bond donors (Lipinski definition) is 1. The van der Waals surface area contributed by atoms with Gasteiger partial charge in [-0.3, -0.25) is 4.90 Å². The van der Waals surface area contributed by atoms with Crippen molar-refractivity contribution in [3.8, 4) is 0 Å². The predicted molar refractivity (Wildman–Crippen MR) is 77.6 cm³/mol. The van der Waals surface area contributed by atoms with Crippen LogP contribution in [0.1, 0.15) is 25.7 Å². The average Bonchev–Trinajstić information content (AvgIpc) is 2.86. The zero-order valence-electron chi connectivity index (χ0n) is 12.4. The molecule has 4 aliphatic rings. The van der Waals surface area contributed by atoms with Crippen molar-refractivity contribution in [3.63, 3.8) is 0 Å². The molecular formula is C15H26N4O. The highest BCUT2D eigenvalue weighted by Gasteiger charge is 2.43. The molecule has 0 aromatic rings. The van der Waals surface area contributed by atoms with Crippen molar-refractivity contribution >= 4 is 6.03 Å². The van der Waals surface area contributed by atoms with Gasteiger partial charge in [0.05, 0.1) is 6.04 Å². The van der Waals surface area contributed by atoms with Crippen LogP contribution in [0.15, 0.2) is 0 Å². The standard InChI is InChI=1S/C15H26N4O/c1-17-8-11-4-7-19(14(11)10-17)15(20)16-12-5-6-18(9-12)13-2-3-13/h11-14H,2-10H2,1H3,(H,16,20)/t11-,12?,14+/m0/s1. The molecule has 1 aliphatic carbocycles. The Morgan fingerprint density at radius 1 is 1.05 bits per heavy atom. The molecule has 0 bridgehead atoms. The van der Waals surface area contributed by atoms with Crippen LogP contribution >= 0.6 is 0 Å². The molecule has 1 saturated carbocycles. The maximum absolute atomic E-state index is 12.5. The van der Waals surface area contributed by atoms with Gasteiger partial charge in [-0.15, -0.1) is 0 Å². The van der Waals surface area contributed by atoms with Crippen molar-refractivity contribution in [1.29, 1.82) is 0 Å². The minimum atomic E-state index is 0.190. The van der Waals surface area contributed by atoms with Crippen LogP contribution in [0.3, 0.4) is 0 Å². The van der Waals surface area contributed by atoms with Crippen molar-refractivity contribution in [2.75, 3.05) is 39.8 Å². The molecule has 3 heterocycles. The Hall–Kier alpha value is -0.810. The van der Waals surface area contributed by atoms with Crippen LogP contribution in [-0.2, 0) is 0 Å². The summed E-state index contributed by atoms with van der Waals surface area (Å²) >= 11 is 0. The molecule has 5 nitrogen and oxygen atoms in total. The number of carbonyl (C=O) groups excluding carboxylic acids is 1. The minimum absolute atomic E-state index is 0.190. The van der Waals surface area contributed by atoms with E-state index >= 15 is 0 Å². The normalized spacial score (nSPS) is 38.5. The Labute approximate surface area is 121 Å². The number of amides is 2. The molecule has 5 heteroatoms. The maximum atomic E-state index is 12.5. The molecule has 4 rings (SSSR count). The van der Waals surface area contributed by atoms with E-state index in [0.717, 1.165) is 38.6 Å². The molecule has 4 fully saturated rings. The van der Waals surface area contributed by atoms with Crippen molar-refractivity contribution in [1.82, 2.24) is 20.0 Å². The Morgan fingerprint density at radius 2 is 1.90 bits per heavy atom. The van der Waals surface area contributed by atoms with E-state index in [1.807, 2.05) is 0 Å². The van der Waals surface area contributed by atoms with Crippen LogP contribution in [0.25, 0.3) is 0 Å². The van der Waals surface area contributed by atoms with Crippen LogP contribution in [0.5, 0.6) is 0 Å². The van der Waals surface area contributed by atoms with Gasteiger partial charge in [0.15, 0.2) is 0 Å². The van der Waals surface area contributed by atoms with Gasteiger partial charge < -0.3 is 15.1 Å². The zero-order chi connectivity index (χ0) is 13.7. The van der Waals surface area contributed by atoms with Crippen molar-refractivity contribution in [3.05, 3.63) is 0 Å². The number of nitrogens with zero attached hydrogens (tertiary/aromatic N) is 3. The fourth-order valence-electron chi connectivity index (χ4n) is 4.36. The predicted octanol–water partition coefficient (Wildman–Crippen LogP) is 0.569. The second-order valence-electron chi connectivity index (χ2n) is 7.19. The highest BCUT2D eigenvalue weighted by molar-refractivity contribution is 5.75. The van der Waals surface area contributed by atoms with E-state index in [0.29, 0.717) is 18.0 Å². The molecule has 0 aromatic heterocycles. The first-order valence-electron chi connectivity index (χ1n) is 8.20. The van der Waals surface area contributed by atoms with E-state index in [1.165, 1.54) is 25.8 Å². The molecule has 1 unspecified atom stereocenters. The molecule has 3 atom stereocenters. The van der Waals surface area contributed by atoms with E-state index in [2.05, 4.69) is 27.1 Å². The van der Waals surface area contributed by atoms with Crippen molar-refractivity contribution < 1.29 is 4.79 Å². The summed E-state index contributed by atoms with van der Waals surface area (Å²) in [5, 5.41) is 3.29. The van der Waals surface area contributed by atoms with Crippen molar-refractivity contribution in [2.45, 2.75) is 43.8 Å². The third kappa shape index (κ3) is 2.31. The Morgan fingerprint density at radius 3 is 2.70 bits per heavy atom. The largest absolute Gasteiger partial charge is 0.334 e. The van der Waals surface area contributed by atoms with E-state index < -0.39 is 0 Å². The third-order valence-electron chi connectivity index (χ3n) is 5.60. The number of fused-ring (bicyclic) bond motifs is 1. The van der Waals surface area contributed by atoms with Gasteiger partial charge in [-0.05, 0) is 38.6 Å². The molecule has 112 valence electrons. The molecule has 3 saturated heterocycles. The minimum Gasteiger partial charge on any atom is -0.334 e. The first kappa shape index (κ1) is 12.9. The fourth-order valence-corrected chi connectivity index (χ4v) is 4.36. The number of urea groups is 1. The number of hydrogen-bond acceptors (Lipinski definition) is 3. The highest BCUT2D eigenvalue weighted by atomic mass is 16.2. The summed E-state index contributed by atoms with van der Waals surface area (Å²) in [6, 6.07) is 1.86. The van der Waals surface area contributed by atoms with Gasteiger partial charge in [-0.25, -0.2) is 4.79 Å². The van der Waals surface area contributed by atoms with Gasteiger partial charge in [-0.2, -0.15) is 0 Å². The quantitative estimate of drug-likeness (QED) is 0.802. The van der Waals surface area contributed by atoms with Crippen LogP contribution in [0.2, 0.25) is 0 Å². The second kappa shape index (κ2) is 4.88. The summed E-state index contributed by atoms with van der Waals surface area (Å²) in [5.41, 5.74) is 0. The van der Waals surface area contributed by atoms with Gasteiger partial charge >= 0.3 is 6.03 Å². The van der Waals surface area contributed by atoms with Gasteiger partial charge in [0.25, 0.3) is 0 Å². The lowest BCUT2D eigenvalue weighted by atomic mass is 10.1. The zero-order valence-corrected chi connectivity index (χ0v) is 12.4. The van der Waals surface area contributed by atoms with Crippen molar-refractivity contribution in [2.24, 2.45) is 5.92 Å². The lowest BCUT2D eigenvalue weighted by Crippen LogP contribution is -2.49. The third-order valence-corrected chi connectivity index (χ3v) is 5.60. The summed E-state index contributed by atoms with van der Waals surface area (Å²) in [5.74, 6) is 0.706. The Balaban J connectivity index is 1.32. The average molecular weight is 278 g/mol. The molecule has 1 N–H and O–H groups in total. The summed E-state index contributed by atoms with van der Waals surface area (Å²) in [4.78, 5) is 19.5. The Kier molecular flexibility index (Phi) is 3.15. The monoisotopic (exact) mass is 278 g/mol. The number of nitrogens with one attached hydrogen (secondary N) is 1. The summed E-state index contributed by atoms with van der Waals surface area (Å²) in [7, 11) is 2.17. The topological polar surface area (TPSA) is 38.8 Å². The summed E-state index contributed by atoms with van der Waals surface area (Å²) < 4.78 is 0. The molecule has 0 spiro atoms. The van der Waals surface area contributed by atoms with Gasteiger partial charge in [0, 0.05) is 44.8 Å². The second-order valence-corrected chi connectivity index (χ2v) is 7.19. The van der Waals surface area contributed by atoms with Gasteiger partial charge in [0.2, 0.25) is 0 Å². The van der Waals surface area contributed by atoms with Gasteiger partial charge in [0.1, 0.15) is 0 Å².